The van der Waals surface area contributed by atoms with Crippen molar-refractivity contribution >= 4 is 11.6 Å². The van der Waals surface area contributed by atoms with Gasteiger partial charge in [-0.3, -0.25) is 0 Å². The molecule has 1 atom stereocenters. The predicted octanol–water partition coefficient (Wildman–Crippen LogP) is 6.05. The van der Waals surface area contributed by atoms with E-state index in [0.717, 1.165) is 5.02 Å². The van der Waals surface area contributed by atoms with Crippen molar-refractivity contribution in [1.82, 2.24) is 5.32 Å². The highest BCUT2D eigenvalue weighted by Crippen LogP contribution is 2.27. The molecule has 0 fully saturated rings. The van der Waals surface area contributed by atoms with Gasteiger partial charge in [-0.15, -0.1) is 0 Å². The van der Waals surface area contributed by atoms with Gasteiger partial charge in [-0.25, -0.2) is 0 Å². The van der Waals surface area contributed by atoms with Crippen molar-refractivity contribution in [2.45, 2.75) is 71.3 Å². The zero-order valence-electron chi connectivity index (χ0n) is 13.3. The summed E-state index contributed by atoms with van der Waals surface area (Å²) in [5, 5.41) is 4.32. The number of halogens is 1. The van der Waals surface area contributed by atoms with Crippen LogP contribution in [0.4, 0.5) is 0 Å². The minimum Gasteiger partial charge on any atom is -0.313 e. The van der Waals surface area contributed by atoms with E-state index in [9.17, 15) is 0 Å². The second kappa shape index (κ2) is 10.2. The lowest BCUT2D eigenvalue weighted by atomic mass is 9.96. The molecule has 114 valence electrons. The Morgan fingerprint density at radius 2 is 1.70 bits per heavy atom. The Balaban J connectivity index is 2.34. The molecule has 2 heteroatoms. The van der Waals surface area contributed by atoms with Crippen molar-refractivity contribution < 1.29 is 0 Å². The summed E-state index contributed by atoms with van der Waals surface area (Å²) in [6.45, 7) is 4.39. The van der Waals surface area contributed by atoms with E-state index >= 15 is 0 Å². The molecular weight excluding hydrogens is 266 g/mol. The largest absolute Gasteiger partial charge is 0.313 e. The average molecular weight is 296 g/mol. The number of hydrogen-bond donors (Lipinski definition) is 1. The van der Waals surface area contributed by atoms with Crippen molar-refractivity contribution in [3.05, 3.63) is 34.3 Å². The highest BCUT2D eigenvalue weighted by Gasteiger charge is 2.12. The van der Waals surface area contributed by atoms with Gasteiger partial charge in [-0.2, -0.15) is 0 Å². The molecule has 1 unspecified atom stereocenters. The lowest BCUT2D eigenvalue weighted by molar-refractivity contribution is 0.494. The minimum atomic E-state index is 0.435. The molecule has 0 aliphatic heterocycles. The van der Waals surface area contributed by atoms with Crippen LogP contribution >= 0.6 is 11.6 Å². The summed E-state index contributed by atoms with van der Waals surface area (Å²) in [4.78, 5) is 0. The number of benzene rings is 1. The molecule has 0 aliphatic carbocycles. The summed E-state index contributed by atoms with van der Waals surface area (Å²) in [6.07, 6.45) is 10.7. The van der Waals surface area contributed by atoms with Crippen molar-refractivity contribution in [3.63, 3.8) is 0 Å². The first-order valence-electron chi connectivity index (χ1n) is 8.13. The van der Waals surface area contributed by atoms with Crippen LogP contribution < -0.4 is 5.32 Å². The molecule has 0 saturated carbocycles. The number of nitrogens with one attached hydrogen (secondary N) is 1. The van der Waals surface area contributed by atoms with E-state index in [4.69, 9.17) is 11.6 Å². The standard InChI is InChI=1S/C18H30ClN/c1-4-5-6-7-8-9-10-14-18(20-3)16-12-11-13-17(19)15(16)2/h11-13,18,20H,4-10,14H2,1-3H3. The van der Waals surface area contributed by atoms with Crippen LogP contribution in [0.25, 0.3) is 0 Å². The average Bonchev–Trinajstić information content (AvgIpc) is 2.46. The van der Waals surface area contributed by atoms with Gasteiger partial charge < -0.3 is 5.32 Å². The summed E-state index contributed by atoms with van der Waals surface area (Å²) in [6, 6.07) is 6.66. The van der Waals surface area contributed by atoms with Crippen LogP contribution in [0, 0.1) is 6.92 Å². The maximum absolute atomic E-state index is 6.22. The molecule has 20 heavy (non-hydrogen) atoms. The lowest BCUT2D eigenvalue weighted by Crippen LogP contribution is -2.17. The maximum Gasteiger partial charge on any atom is 0.0438 e. The first kappa shape index (κ1) is 17.5. The lowest BCUT2D eigenvalue weighted by Gasteiger charge is -2.19. The molecule has 0 aliphatic rings. The number of unbranched alkanes of at least 4 members (excludes halogenated alkanes) is 6. The number of rotatable bonds is 10. The molecule has 1 aromatic carbocycles. The zero-order chi connectivity index (χ0) is 14.8. The van der Waals surface area contributed by atoms with Gasteiger partial charge >= 0.3 is 0 Å². The van der Waals surface area contributed by atoms with Gasteiger partial charge in [-0.05, 0) is 37.6 Å². The normalized spacial score (nSPS) is 12.6. The van der Waals surface area contributed by atoms with Crippen molar-refractivity contribution in [2.24, 2.45) is 0 Å². The monoisotopic (exact) mass is 295 g/mol. The van der Waals surface area contributed by atoms with Crippen LogP contribution in [-0.2, 0) is 0 Å². The fourth-order valence-corrected chi connectivity index (χ4v) is 2.94. The highest BCUT2D eigenvalue weighted by atomic mass is 35.5. The molecule has 0 bridgehead atoms. The third kappa shape index (κ3) is 5.85. The fraction of sp³-hybridized carbons (Fsp3) is 0.667. The van der Waals surface area contributed by atoms with E-state index < -0.39 is 0 Å². The van der Waals surface area contributed by atoms with E-state index in [1.807, 2.05) is 13.1 Å². The second-order valence-corrected chi connectivity index (χ2v) is 6.11. The van der Waals surface area contributed by atoms with Gasteiger partial charge in [0.15, 0.2) is 0 Å². The van der Waals surface area contributed by atoms with E-state index in [0.29, 0.717) is 6.04 Å². The van der Waals surface area contributed by atoms with E-state index in [1.54, 1.807) is 0 Å². The Morgan fingerprint density at radius 3 is 2.35 bits per heavy atom. The van der Waals surface area contributed by atoms with Crippen molar-refractivity contribution in [2.75, 3.05) is 7.05 Å². The fourth-order valence-electron chi connectivity index (χ4n) is 2.76. The summed E-state index contributed by atoms with van der Waals surface area (Å²) in [5.41, 5.74) is 2.57. The maximum atomic E-state index is 6.22. The smallest absolute Gasteiger partial charge is 0.0438 e. The summed E-state index contributed by atoms with van der Waals surface area (Å²) in [7, 11) is 2.05. The molecule has 0 amide bonds. The first-order chi connectivity index (χ1) is 9.70. The minimum absolute atomic E-state index is 0.435. The van der Waals surface area contributed by atoms with Crippen LogP contribution in [-0.4, -0.2) is 7.05 Å². The molecule has 0 aromatic heterocycles. The molecule has 0 radical (unpaired) electrons. The van der Waals surface area contributed by atoms with Crippen molar-refractivity contribution in [3.8, 4) is 0 Å². The predicted molar refractivity (Wildman–Crippen MR) is 90.6 cm³/mol. The van der Waals surface area contributed by atoms with E-state index in [1.165, 1.54) is 62.5 Å². The summed E-state index contributed by atoms with van der Waals surface area (Å²) < 4.78 is 0. The van der Waals surface area contributed by atoms with E-state index in [-0.39, 0.29) is 0 Å². The molecule has 0 spiro atoms. The quantitative estimate of drug-likeness (QED) is 0.518. The molecule has 1 N–H and O–H groups in total. The Labute approximate surface area is 130 Å². The molecule has 1 nitrogen and oxygen atoms in total. The third-order valence-corrected chi connectivity index (χ3v) is 4.54. The Morgan fingerprint density at radius 1 is 1.05 bits per heavy atom. The zero-order valence-corrected chi connectivity index (χ0v) is 14.1. The molecule has 0 saturated heterocycles. The van der Waals surface area contributed by atoms with E-state index in [2.05, 4.69) is 31.3 Å². The van der Waals surface area contributed by atoms with Crippen LogP contribution in [0.5, 0.6) is 0 Å². The van der Waals surface area contributed by atoms with Crippen molar-refractivity contribution in [1.29, 1.82) is 0 Å². The molecule has 0 heterocycles. The van der Waals surface area contributed by atoms with Gasteiger partial charge in [0.05, 0.1) is 0 Å². The van der Waals surface area contributed by atoms with Gasteiger partial charge in [-0.1, -0.05) is 75.6 Å². The molecule has 1 rings (SSSR count). The Bertz CT molecular complexity index is 376. The Kier molecular flexibility index (Phi) is 8.97. The molecular formula is C18H30ClN. The van der Waals surface area contributed by atoms with Gasteiger partial charge in [0, 0.05) is 11.1 Å². The van der Waals surface area contributed by atoms with Crippen LogP contribution in [0.3, 0.4) is 0 Å². The Hall–Kier alpha value is -0.530. The second-order valence-electron chi connectivity index (χ2n) is 5.71. The van der Waals surface area contributed by atoms with Crippen LogP contribution in [0.15, 0.2) is 18.2 Å². The highest BCUT2D eigenvalue weighted by molar-refractivity contribution is 6.31. The van der Waals surface area contributed by atoms with Gasteiger partial charge in [0.25, 0.3) is 0 Å². The number of hydrogen-bond acceptors (Lipinski definition) is 1. The summed E-state index contributed by atoms with van der Waals surface area (Å²) in [5.74, 6) is 0. The summed E-state index contributed by atoms with van der Waals surface area (Å²) >= 11 is 6.22. The first-order valence-corrected chi connectivity index (χ1v) is 8.50. The van der Waals surface area contributed by atoms with Gasteiger partial charge in [0.2, 0.25) is 0 Å². The third-order valence-electron chi connectivity index (χ3n) is 4.13. The van der Waals surface area contributed by atoms with Crippen LogP contribution in [0.2, 0.25) is 5.02 Å². The topological polar surface area (TPSA) is 12.0 Å². The van der Waals surface area contributed by atoms with Gasteiger partial charge in [0.1, 0.15) is 0 Å². The SMILES string of the molecule is CCCCCCCCCC(NC)c1cccc(Cl)c1C. The van der Waals surface area contributed by atoms with Crippen LogP contribution in [0.1, 0.15) is 75.5 Å². The molecule has 1 aromatic rings.